The van der Waals surface area contributed by atoms with E-state index in [2.05, 4.69) is 12.2 Å². The Morgan fingerprint density at radius 2 is 2.14 bits per heavy atom. The van der Waals surface area contributed by atoms with Gasteiger partial charge in [0.1, 0.15) is 6.29 Å². The third-order valence-corrected chi connectivity index (χ3v) is 5.08. The van der Waals surface area contributed by atoms with Gasteiger partial charge in [-0.2, -0.15) is 0 Å². The second-order valence-electron chi connectivity index (χ2n) is 6.56. The number of likely N-dealkylation sites (tertiary alicyclic amines) is 1. The molecule has 1 aliphatic heterocycles. The van der Waals surface area contributed by atoms with E-state index in [4.69, 9.17) is 0 Å². The average Bonchev–Trinajstić information content (AvgIpc) is 2.87. The van der Waals surface area contributed by atoms with Crippen molar-refractivity contribution < 1.29 is 9.59 Å². The predicted molar refractivity (Wildman–Crippen MR) is 88.4 cm³/mol. The molecular formula is C18H30N2O2. The first-order valence-electron chi connectivity index (χ1n) is 8.90. The van der Waals surface area contributed by atoms with Gasteiger partial charge in [0, 0.05) is 44.6 Å². The Hall–Kier alpha value is -1.32. The Kier molecular flexibility index (Phi) is 6.94. The molecule has 4 heteroatoms. The van der Waals surface area contributed by atoms with Gasteiger partial charge in [0.15, 0.2) is 0 Å². The molecule has 1 atom stereocenters. The summed E-state index contributed by atoms with van der Waals surface area (Å²) >= 11 is 0. The van der Waals surface area contributed by atoms with Crippen molar-refractivity contribution in [3.8, 4) is 0 Å². The van der Waals surface area contributed by atoms with Crippen LogP contribution in [0.3, 0.4) is 0 Å². The van der Waals surface area contributed by atoms with Gasteiger partial charge in [0.05, 0.1) is 0 Å². The van der Waals surface area contributed by atoms with E-state index in [1.807, 2.05) is 4.90 Å². The molecule has 1 N–H and O–H groups in total. The van der Waals surface area contributed by atoms with Gasteiger partial charge >= 0.3 is 0 Å². The van der Waals surface area contributed by atoms with Crippen LogP contribution in [0.4, 0.5) is 0 Å². The van der Waals surface area contributed by atoms with Crippen LogP contribution in [0.15, 0.2) is 11.3 Å². The highest BCUT2D eigenvalue weighted by Gasteiger charge is 2.21. The van der Waals surface area contributed by atoms with E-state index in [-0.39, 0.29) is 0 Å². The first kappa shape index (κ1) is 17.0. The summed E-state index contributed by atoms with van der Waals surface area (Å²) in [6.45, 7) is 4.88. The average molecular weight is 306 g/mol. The highest BCUT2D eigenvalue weighted by Crippen LogP contribution is 2.29. The minimum Gasteiger partial charge on any atom is -0.388 e. The molecular weight excluding hydrogens is 276 g/mol. The first-order chi connectivity index (χ1) is 10.7. The molecule has 0 aromatic carbocycles. The molecule has 1 unspecified atom stereocenters. The molecule has 124 valence electrons. The first-order valence-corrected chi connectivity index (χ1v) is 8.90. The van der Waals surface area contributed by atoms with Crippen LogP contribution in [-0.4, -0.2) is 36.7 Å². The van der Waals surface area contributed by atoms with E-state index < -0.39 is 0 Å². The molecule has 1 aliphatic carbocycles. The van der Waals surface area contributed by atoms with Crippen molar-refractivity contribution in [2.24, 2.45) is 5.92 Å². The van der Waals surface area contributed by atoms with E-state index >= 15 is 0 Å². The van der Waals surface area contributed by atoms with Crippen molar-refractivity contribution in [2.45, 2.75) is 64.7 Å². The lowest BCUT2D eigenvalue weighted by Crippen LogP contribution is -2.29. The van der Waals surface area contributed by atoms with Crippen molar-refractivity contribution in [3.05, 3.63) is 11.3 Å². The third-order valence-electron chi connectivity index (χ3n) is 5.08. The maximum atomic E-state index is 11.7. The molecule has 0 spiro atoms. The fraction of sp³-hybridized carbons (Fsp3) is 0.778. The summed E-state index contributed by atoms with van der Waals surface area (Å²) in [6.07, 6.45) is 10.3. The fourth-order valence-corrected chi connectivity index (χ4v) is 3.28. The van der Waals surface area contributed by atoms with Crippen LogP contribution in [0, 0.1) is 5.92 Å². The van der Waals surface area contributed by atoms with Gasteiger partial charge in [0.2, 0.25) is 5.91 Å². The number of carbonyl (C=O) groups is 2. The summed E-state index contributed by atoms with van der Waals surface area (Å²) in [5.74, 6) is 0.813. The highest BCUT2D eigenvalue weighted by atomic mass is 16.2. The fourth-order valence-electron chi connectivity index (χ4n) is 3.28. The van der Waals surface area contributed by atoms with Gasteiger partial charge in [-0.05, 0) is 38.0 Å². The predicted octanol–water partition coefficient (Wildman–Crippen LogP) is 3.03. The minimum atomic E-state index is 0.315. The number of nitrogens with one attached hydrogen (secondary N) is 1. The maximum Gasteiger partial charge on any atom is 0.222 e. The second-order valence-corrected chi connectivity index (χ2v) is 6.56. The van der Waals surface area contributed by atoms with Gasteiger partial charge in [-0.25, -0.2) is 0 Å². The van der Waals surface area contributed by atoms with Crippen molar-refractivity contribution in [1.82, 2.24) is 10.2 Å². The molecule has 1 saturated carbocycles. The zero-order valence-electron chi connectivity index (χ0n) is 13.9. The Bertz CT molecular complexity index is 411. The molecule has 1 amide bonds. The normalized spacial score (nSPS) is 19.0. The molecule has 0 radical (unpaired) electrons. The lowest BCUT2D eigenvalue weighted by atomic mass is 9.89. The SMILES string of the molecule is CCC(CC=O)CCNC(CCN1CCCC1=O)=C1CCC1. The Morgan fingerprint density at radius 3 is 2.68 bits per heavy atom. The molecule has 2 fully saturated rings. The summed E-state index contributed by atoms with van der Waals surface area (Å²) < 4.78 is 0. The van der Waals surface area contributed by atoms with Gasteiger partial charge < -0.3 is 15.0 Å². The molecule has 1 heterocycles. The van der Waals surface area contributed by atoms with Crippen LogP contribution in [0.5, 0.6) is 0 Å². The van der Waals surface area contributed by atoms with Gasteiger partial charge in [0.25, 0.3) is 0 Å². The largest absolute Gasteiger partial charge is 0.388 e. The molecule has 0 aromatic rings. The summed E-state index contributed by atoms with van der Waals surface area (Å²) in [7, 11) is 0. The third kappa shape index (κ3) is 4.85. The summed E-state index contributed by atoms with van der Waals surface area (Å²) in [5.41, 5.74) is 2.92. The molecule has 4 nitrogen and oxygen atoms in total. The number of aldehydes is 1. The maximum absolute atomic E-state index is 11.7. The Morgan fingerprint density at radius 1 is 1.32 bits per heavy atom. The number of rotatable bonds is 10. The molecule has 0 bridgehead atoms. The van der Waals surface area contributed by atoms with Crippen molar-refractivity contribution >= 4 is 12.2 Å². The van der Waals surface area contributed by atoms with Gasteiger partial charge in [-0.3, -0.25) is 4.79 Å². The zero-order chi connectivity index (χ0) is 15.8. The molecule has 22 heavy (non-hydrogen) atoms. The zero-order valence-corrected chi connectivity index (χ0v) is 13.9. The summed E-state index contributed by atoms with van der Waals surface area (Å²) in [6, 6.07) is 0. The lowest BCUT2D eigenvalue weighted by molar-refractivity contribution is -0.127. The van der Waals surface area contributed by atoms with E-state index in [1.54, 1.807) is 5.57 Å². The van der Waals surface area contributed by atoms with Crippen molar-refractivity contribution in [3.63, 3.8) is 0 Å². The van der Waals surface area contributed by atoms with Gasteiger partial charge in [-0.1, -0.05) is 18.9 Å². The number of hydrogen-bond acceptors (Lipinski definition) is 3. The number of amides is 1. The highest BCUT2D eigenvalue weighted by molar-refractivity contribution is 5.78. The van der Waals surface area contributed by atoms with E-state index in [1.165, 1.54) is 25.0 Å². The standard InChI is InChI=1S/C18H30N2O2/c1-2-15(10-14-21)8-11-19-17(16-5-3-6-16)9-13-20-12-4-7-18(20)22/h14-15,19H,2-13H2,1H3. The number of nitrogens with zero attached hydrogens (tertiary/aromatic N) is 1. The lowest BCUT2D eigenvalue weighted by Gasteiger charge is -2.26. The van der Waals surface area contributed by atoms with Crippen LogP contribution in [0.2, 0.25) is 0 Å². The van der Waals surface area contributed by atoms with Crippen LogP contribution in [-0.2, 0) is 9.59 Å². The van der Waals surface area contributed by atoms with Gasteiger partial charge in [-0.15, -0.1) is 0 Å². The van der Waals surface area contributed by atoms with Crippen LogP contribution < -0.4 is 5.32 Å². The monoisotopic (exact) mass is 306 g/mol. The quantitative estimate of drug-likeness (QED) is 0.631. The molecule has 2 rings (SSSR count). The summed E-state index contributed by atoms with van der Waals surface area (Å²) in [4.78, 5) is 24.4. The summed E-state index contributed by atoms with van der Waals surface area (Å²) in [5, 5.41) is 3.61. The van der Waals surface area contributed by atoms with Crippen LogP contribution in [0.25, 0.3) is 0 Å². The van der Waals surface area contributed by atoms with E-state index in [0.29, 0.717) is 18.2 Å². The Labute approximate surface area is 134 Å². The van der Waals surface area contributed by atoms with Crippen LogP contribution >= 0.6 is 0 Å². The minimum absolute atomic E-state index is 0.315. The van der Waals surface area contributed by atoms with Crippen molar-refractivity contribution in [1.29, 1.82) is 0 Å². The smallest absolute Gasteiger partial charge is 0.222 e. The molecule has 0 aromatic heterocycles. The van der Waals surface area contributed by atoms with Crippen LogP contribution in [0.1, 0.15) is 64.7 Å². The number of hydrogen-bond donors (Lipinski definition) is 1. The molecule has 2 aliphatic rings. The topological polar surface area (TPSA) is 49.4 Å². The second kappa shape index (κ2) is 8.96. The van der Waals surface area contributed by atoms with E-state index in [9.17, 15) is 9.59 Å². The number of carbonyl (C=O) groups excluding carboxylic acids is 2. The molecule has 1 saturated heterocycles. The number of allylic oxidation sites excluding steroid dienone is 1. The van der Waals surface area contributed by atoms with Crippen molar-refractivity contribution in [2.75, 3.05) is 19.6 Å². The van der Waals surface area contributed by atoms with E-state index in [0.717, 1.165) is 58.0 Å². The Balaban J connectivity index is 1.77.